The minimum Gasteiger partial charge on any atom is -0.390 e. The number of halogens is 2. The van der Waals surface area contributed by atoms with Crippen LogP contribution in [0, 0.1) is 18.6 Å². The van der Waals surface area contributed by atoms with Crippen molar-refractivity contribution in [3.8, 4) is 5.69 Å². The summed E-state index contributed by atoms with van der Waals surface area (Å²) in [7, 11) is 0. The van der Waals surface area contributed by atoms with Crippen molar-refractivity contribution in [1.29, 1.82) is 0 Å². The van der Waals surface area contributed by atoms with Crippen LogP contribution in [0.25, 0.3) is 17.3 Å². The first-order chi connectivity index (χ1) is 17.7. The Morgan fingerprint density at radius 1 is 1.11 bits per heavy atom. The number of likely N-dealkylation sites (N-methyl/N-ethyl adjacent to an activating group) is 1. The molecule has 0 spiro atoms. The molecule has 194 valence electrons. The van der Waals surface area contributed by atoms with Crippen LogP contribution in [0.4, 0.5) is 14.5 Å². The second-order valence-corrected chi connectivity index (χ2v) is 8.93. The maximum atomic E-state index is 13.9. The number of aromatic nitrogens is 1. The lowest BCUT2D eigenvalue weighted by Crippen LogP contribution is -2.40. The minimum atomic E-state index is -0.737. The Bertz CT molecular complexity index is 1340. The largest absolute Gasteiger partial charge is 0.390 e. The van der Waals surface area contributed by atoms with Crippen molar-refractivity contribution in [2.45, 2.75) is 26.9 Å². The number of aliphatic hydroxyl groups is 1. The molecule has 9 heteroatoms. The fraction of sp³-hybridized carbons (Fsp3) is 0.286. The highest BCUT2D eigenvalue weighted by Gasteiger charge is 2.26. The van der Waals surface area contributed by atoms with Crippen LogP contribution in [-0.4, -0.2) is 58.7 Å². The SMILES string of the molecule is CCN(CC)CC(O)CNC(=O)c1cc(C=C2C(=O)Nc3ccc(F)cc32)n(-c2ccc(F)cc2)c1C. The summed E-state index contributed by atoms with van der Waals surface area (Å²) in [5, 5.41) is 15.9. The standard InChI is InChI=1S/C28H30F2N4O3/c1-4-33(5-2)16-22(35)15-31-27(36)23-13-21(34(17(23)3)20-9-6-18(29)7-10-20)14-25-24-12-19(30)8-11-26(24)32-28(25)37/h6-14,22,35H,4-5,15-16H2,1-3H3,(H,31,36)(H,32,37). The van der Waals surface area contributed by atoms with E-state index >= 15 is 0 Å². The highest BCUT2D eigenvalue weighted by molar-refractivity contribution is 6.34. The predicted molar refractivity (Wildman–Crippen MR) is 139 cm³/mol. The van der Waals surface area contributed by atoms with Crippen molar-refractivity contribution in [1.82, 2.24) is 14.8 Å². The summed E-state index contributed by atoms with van der Waals surface area (Å²) in [4.78, 5) is 27.9. The molecule has 37 heavy (non-hydrogen) atoms. The molecule has 2 heterocycles. The van der Waals surface area contributed by atoms with Crippen LogP contribution in [0.1, 0.15) is 41.2 Å². The van der Waals surface area contributed by atoms with Crippen LogP contribution < -0.4 is 10.6 Å². The van der Waals surface area contributed by atoms with E-state index in [4.69, 9.17) is 0 Å². The Labute approximate surface area is 214 Å². The number of amides is 2. The number of rotatable bonds is 9. The van der Waals surface area contributed by atoms with Gasteiger partial charge in [0.25, 0.3) is 11.8 Å². The number of nitrogens with one attached hydrogen (secondary N) is 2. The first-order valence-electron chi connectivity index (χ1n) is 12.2. The van der Waals surface area contributed by atoms with Crippen LogP contribution in [0.2, 0.25) is 0 Å². The number of carbonyl (C=O) groups is 2. The van der Waals surface area contributed by atoms with Crippen LogP contribution in [0.15, 0.2) is 48.5 Å². The summed E-state index contributed by atoms with van der Waals surface area (Å²) in [5.74, 6) is -1.67. The summed E-state index contributed by atoms with van der Waals surface area (Å²) in [6, 6.07) is 11.4. The number of fused-ring (bicyclic) bond motifs is 1. The number of hydrogen-bond acceptors (Lipinski definition) is 4. The Balaban J connectivity index is 1.70. The Kier molecular flexibility index (Phi) is 7.85. The maximum Gasteiger partial charge on any atom is 0.256 e. The summed E-state index contributed by atoms with van der Waals surface area (Å²) in [6.07, 6.45) is 0.849. The summed E-state index contributed by atoms with van der Waals surface area (Å²) < 4.78 is 29.3. The zero-order chi connectivity index (χ0) is 26.7. The predicted octanol–water partition coefficient (Wildman–Crippen LogP) is 3.99. The van der Waals surface area contributed by atoms with Gasteiger partial charge in [0, 0.05) is 41.4 Å². The van der Waals surface area contributed by atoms with Crippen LogP contribution in [0.3, 0.4) is 0 Å². The topological polar surface area (TPSA) is 86.6 Å². The summed E-state index contributed by atoms with van der Waals surface area (Å²) in [6.45, 7) is 7.84. The molecule has 0 radical (unpaired) electrons. The van der Waals surface area contributed by atoms with E-state index < -0.39 is 23.6 Å². The zero-order valence-electron chi connectivity index (χ0n) is 21.0. The number of hydrogen-bond donors (Lipinski definition) is 3. The quantitative estimate of drug-likeness (QED) is 0.382. The lowest BCUT2D eigenvalue weighted by Gasteiger charge is -2.22. The van der Waals surface area contributed by atoms with E-state index in [0.717, 1.165) is 13.1 Å². The molecule has 1 aliphatic heterocycles. The van der Waals surface area contributed by atoms with E-state index in [-0.39, 0.29) is 18.0 Å². The summed E-state index contributed by atoms with van der Waals surface area (Å²) in [5.41, 5.74) is 3.13. The average Bonchev–Trinajstić information content (AvgIpc) is 3.37. The van der Waals surface area contributed by atoms with Crippen LogP contribution in [-0.2, 0) is 4.79 Å². The van der Waals surface area contributed by atoms with Crippen molar-refractivity contribution >= 4 is 29.2 Å². The van der Waals surface area contributed by atoms with Crippen molar-refractivity contribution < 1.29 is 23.5 Å². The van der Waals surface area contributed by atoms with Crippen molar-refractivity contribution in [3.63, 3.8) is 0 Å². The third-order valence-electron chi connectivity index (χ3n) is 6.52. The second kappa shape index (κ2) is 11.1. The highest BCUT2D eigenvalue weighted by Crippen LogP contribution is 2.35. The van der Waals surface area contributed by atoms with Gasteiger partial charge in [-0.05, 0) is 74.6 Å². The molecular weight excluding hydrogens is 478 g/mol. The van der Waals surface area contributed by atoms with Gasteiger partial charge in [-0.1, -0.05) is 13.8 Å². The summed E-state index contributed by atoms with van der Waals surface area (Å²) >= 11 is 0. The third kappa shape index (κ3) is 5.63. The van der Waals surface area contributed by atoms with Gasteiger partial charge in [-0.2, -0.15) is 0 Å². The van der Waals surface area contributed by atoms with Gasteiger partial charge in [0.15, 0.2) is 0 Å². The Morgan fingerprint density at radius 2 is 1.78 bits per heavy atom. The molecule has 2 amide bonds. The van der Waals surface area contributed by atoms with Gasteiger partial charge in [0.2, 0.25) is 0 Å². The molecule has 0 saturated heterocycles. The Hall–Kier alpha value is -3.82. The number of anilines is 1. The first kappa shape index (κ1) is 26.2. The van der Waals surface area contributed by atoms with Gasteiger partial charge < -0.3 is 25.2 Å². The number of nitrogens with zero attached hydrogens (tertiary/aromatic N) is 2. The molecule has 0 bridgehead atoms. The highest BCUT2D eigenvalue weighted by atomic mass is 19.1. The van der Waals surface area contributed by atoms with Gasteiger partial charge in [0.05, 0.1) is 17.2 Å². The molecular formula is C28H30F2N4O3. The van der Waals surface area contributed by atoms with Crippen molar-refractivity contribution in [2.75, 3.05) is 31.5 Å². The normalized spacial score (nSPS) is 14.7. The van der Waals surface area contributed by atoms with E-state index in [1.165, 1.54) is 30.3 Å². The second-order valence-electron chi connectivity index (χ2n) is 8.93. The van der Waals surface area contributed by atoms with Gasteiger partial charge in [-0.3, -0.25) is 9.59 Å². The number of carbonyl (C=O) groups excluding carboxylic acids is 2. The number of aliphatic hydroxyl groups excluding tert-OH is 1. The van der Waals surface area contributed by atoms with E-state index in [0.29, 0.717) is 40.4 Å². The fourth-order valence-electron chi connectivity index (χ4n) is 4.50. The van der Waals surface area contributed by atoms with Gasteiger partial charge in [-0.15, -0.1) is 0 Å². The third-order valence-corrected chi connectivity index (χ3v) is 6.52. The van der Waals surface area contributed by atoms with Crippen molar-refractivity contribution in [2.24, 2.45) is 0 Å². The molecule has 1 unspecified atom stereocenters. The van der Waals surface area contributed by atoms with E-state index in [1.807, 2.05) is 13.8 Å². The van der Waals surface area contributed by atoms with Crippen LogP contribution in [0.5, 0.6) is 0 Å². The molecule has 3 aromatic rings. The first-order valence-corrected chi connectivity index (χ1v) is 12.2. The Morgan fingerprint density at radius 3 is 2.46 bits per heavy atom. The molecule has 1 aromatic heterocycles. The maximum absolute atomic E-state index is 13.9. The van der Waals surface area contributed by atoms with E-state index in [9.17, 15) is 23.5 Å². The van der Waals surface area contributed by atoms with Gasteiger partial charge in [0.1, 0.15) is 11.6 Å². The fourth-order valence-corrected chi connectivity index (χ4v) is 4.50. The molecule has 4 rings (SSSR count). The molecule has 0 fully saturated rings. The number of benzene rings is 2. The average molecular weight is 509 g/mol. The lowest BCUT2D eigenvalue weighted by atomic mass is 10.1. The monoisotopic (exact) mass is 508 g/mol. The molecule has 0 aliphatic carbocycles. The lowest BCUT2D eigenvalue weighted by molar-refractivity contribution is -0.110. The minimum absolute atomic E-state index is 0.0714. The molecule has 7 nitrogen and oxygen atoms in total. The molecule has 0 saturated carbocycles. The van der Waals surface area contributed by atoms with Gasteiger partial charge in [-0.25, -0.2) is 8.78 Å². The van der Waals surface area contributed by atoms with Crippen LogP contribution >= 0.6 is 0 Å². The zero-order valence-corrected chi connectivity index (χ0v) is 21.0. The molecule has 2 aromatic carbocycles. The molecule has 3 N–H and O–H groups in total. The van der Waals surface area contributed by atoms with E-state index in [2.05, 4.69) is 15.5 Å². The smallest absolute Gasteiger partial charge is 0.256 e. The van der Waals surface area contributed by atoms with Crippen molar-refractivity contribution in [3.05, 3.63) is 82.7 Å². The van der Waals surface area contributed by atoms with E-state index in [1.54, 1.807) is 35.8 Å². The molecule has 1 aliphatic rings. The van der Waals surface area contributed by atoms with Gasteiger partial charge >= 0.3 is 0 Å². The molecule has 1 atom stereocenters.